The molecule has 6 heteroatoms. The fourth-order valence-corrected chi connectivity index (χ4v) is 5.31. The van der Waals surface area contributed by atoms with Gasteiger partial charge in [-0.3, -0.25) is 14.5 Å². The third-order valence-corrected chi connectivity index (χ3v) is 7.04. The van der Waals surface area contributed by atoms with Gasteiger partial charge in [-0.25, -0.2) is 0 Å². The van der Waals surface area contributed by atoms with Crippen LogP contribution in [0.15, 0.2) is 42.5 Å². The fourth-order valence-electron chi connectivity index (χ4n) is 5.31. The molecule has 0 radical (unpaired) electrons. The molecule has 1 saturated heterocycles. The maximum Gasteiger partial charge on any atom is 0.320 e. The molecule has 1 aliphatic carbocycles. The molecule has 176 valence electrons. The number of methoxy groups -OCH3 is 2. The average Bonchev–Trinajstić information content (AvgIpc) is 3.11. The number of Topliss-reactive ketones (excluding diaryl/α,β-unsaturated/α-hetero) is 1. The number of nitrogens with zero attached hydrogens (tertiary/aromatic N) is 1. The Morgan fingerprint density at radius 1 is 1.06 bits per heavy atom. The minimum Gasteiger partial charge on any atom is -0.493 e. The lowest BCUT2D eigenvalue weighted by Crippen LogP contribution is -2.43. The fraction of sp³-hybridized carbons (Fsp3) is 0.481. The Balaban J connectivity index is 1.51. The maximum atomic E-state index is 13.7. The number of piperidine rings is 1. The lowest BCUT2D eigenvalue weighted by molar-refractivity contribution is -0.153. The molecule has 4 rings (SSSR count). The molecule has 0 saturated carbocycles. The van der Waals surface area contributed by atoms with Crippen LogP contribution in [0.4, 0.5) is 0 Å². The average molecular weight is 452 g/mol. The molecule has 2 aromatic rings. The molecule has 0 aromatic heterocycles. The van der Waals surface area contributed by atoms with Crippen molar-refractivity contribution in [2.45, 2.75) is 39.2 Å². The topological polar surface area (TPSA) is 65.1 Å². The molecule has 33 heavy (non-hydrogen) atoms. The van der Waals surface area contributed by atoms with Gasteiger partial charge in [-0.2, -0.15) is 0 Å². The normalized spacial score (nSPS) is 21.0. The van der Waals surface area contributed by atoms with Crippen LogP contribution in [0.5, 0.6) is 11.5 Å². The molecule has 1 atom stereocenters. The van der Waals surface area contributed by atoms with Crippen molar-refractivity contribution >= 4 is 11.8 Å². The summed E-state index contributed by atoms with van der Waals surface area (Å²) in [5.74, 6) is 0.805. The summed E-state index contributed by atoms with van der Waals surface area (Å²) in [5, 5.41) is 0. The summed E-state index contributed by atoms with van der Waals surface area (Å²) in [5.41, 5.74) is 1.51. The zero-order valence-corrected chi connectivity index (χ0v) is 19.8. The molecule has 1 aliphatic heterocycles. The van der Waals surface area contributed by atoms with E-state index in [1.807, 2.05) is 12.1 Å². The van der Waals surface area contributed by atoms with Crippen LogP contribution < -0.4 is 9.47 Å². The van der Waals surface area contributed by atoms with Gasteiger partial charge in [-0.05, 0) is 74.9 Å². The van der Waals surface area contributed by atoms with Crippen molar-refractivity contribution in [1.29, 1.82) is 0 Å². The minimum atomic E-state index is -1.16. The molecular weight excluding hydrogens is 418 g/mol. The number of ether oxygens (including phenoxy) is 3. The number of benzene rings is 2. The Hall–Kier alpha value is -2.86. The van der Waals surface area contributed by atoms with Gasteiger partial charge in [0.05, 0.1) is 20.8 Å². The summed E-state index contributed by atoms with van der Waals surface area (Å²) < 4.78 is 16.3. The van der Waals surface area contributed by atoms with E-state index < -0.39 is 11.4 Å². The highest BCUT2D eigenvalue weighted by atomic mass is 16.5. The van der Waals surface area contributed by atoms with Gasteiger partial charge < -0.3 is 14.2 Å². The predicted octanol–water partition coefficient (Wildman–Crippen LogP) is 4.29. The molecule has 0 amide bonds. The quantitative estimate of drug-likeness (QED) is 0.441. The minimum absolute atomic E-state index is 0.149. The van der Waals surface area contributed by atoms with Gasteiger partial charge in [-0.1, -0.05) is 30.3 Å². The number of fused-ring (bicyclic) bond motifs is 1. The molecule has 0 bridgehead atoms. The summed E-state index contributed by atoms with van der Waals surface area (Å²) in [4.78, 5) is 29.3. The van der Waals surface area contributed by atoms with Gasteiger partial charge in [0, 0.05) is 12.1 Å². The van der Waals surface area contributed by atoms with Gasteiger partial charge in [0.15, 0.2) is 17.3 Å². The van der Waals surface area contributed by atoms with Crippen molar-refractivity contribution < 1.29 is 23.8 Å². The molecular formula is C27H33NO5. The second kappa shape index (κ2) is 9.96. The Bertz CT molecular complexity index is 997. The number of ketones is 1. The van der Waals surface area contributed by atoms with E-state index in [0.29, 0.717) is 35.8 Å². The van der Waals surface area contributed by atoms with Crippen molar-refractivity contribution in [2.24, 2.45) is 11.3 Å². The van der Waals surface area contributed by atoms with Gasteiger partial charge in [-0.15, -0.1) is 0 Å². The molecule has 6 nitrogen and oxygen atoms in total. The Morgan fingerprint density at radius 2 is 1.73 bits per heavy atom. The zero-order valence-electron chi connectivity index (χ0n) is 19.8. The molecule has 0 N–H and O–H groups in total. The molecule has 2 aliphatic rings. The number of esters is 1. The van der Waals surface area contributed by atoms with E-state index in [4.69, 9.17) is 14.2 Å². The van der Waals surface area contributed by atoms with Crippen LogP contribution >= 0.6 is 0 Å². The van der Waals surface area contributed by atoms with E-state index in [-0.39, 0.29) is 12.4 Å². The second-order valence-corrected chi connectivity index (χ2v) is 9.08. The smallest absolute Gasteiger partial charge is 0.320 e. The third-order valence-electron chi connectivity index (χ3n) is 7.04. The van der Waals surface area contributed by atoms with Gasteiger partial charge in [0.2, 0.25) is 0 Å². The first-order valence-corrected chi connectivity index (χ1v) is 11.7. The van der Waals surface area contributed by atoms with Crippen molar-refractivity contribution in [2.75, 3.05) is 33.9 Å². The Kier molecular flexibility index (Phi) is 7.03. The van der Waals surface area contributed by atoms with Crippen LogP contribution in [0.25, 0.3) is 0 Å². The standard InChI is InChI=1S/C27H33NO5/c1-4-33-26(30)27(17-21-14-23(31-2)24(32-3)15-22(21)25(27)29)16-19-10-12-28(13-11-19)18-20-8-6-5-7-9-20/h5-9,14-15,19H,4,10-13,16-18H2,1-3H3. The SMILES string of the molecule is CCOC(=O)C1(CC2CCN(Cc3ccccc3)CC2)Cc2cc(OC)c(OC)cc2C1=O. The lowest BCUT2D eigenvalue weighted by atomic mass is 9.73. The van der Waals surface area contributed by atoms with Gasteiger partial charge in [0.25, 0.3) is 0 Å². The van der Waals surface area contributed by atoms with Crippen LogP contribution in [0.2, 0.25) is 0 Å². The first-order chi connectivity index (χ1) is 16.0. The lowest BCUT2D eigenvalue weighted by Gasteiger charge is -2.36. The number of hydrogen-bond acceptors (Lipinski definition) is 6. The number of rotatable bonds is 8. The predicted molar refractivity (Wildman–Crippen MR) is 126 cm³/mol. The monoisotopic (exact) mass is 451 g/mol. The second-order valence-electron chi connectivity index (χ2n) is 9.08. The van der Waals surface area contributed by atoms with E-state index in [2.05, 4.69) is 29.2 Å². The molecule has 1 unspecified atom stereocenters. The third kappa shape index (κ3) is 4.62. The molecule has 1 heterocycles. The van der Waals surface area contributed by atoms with Crippen LogP contribution in [0, 0.1) is 11.3 Å². The van der Waals surface area contributed by atoms with E-state index in [1.165, 1.54) is 5.56 Å². The summed E-state index contributed by atoms with van der Waals surface area (Å²) in [6, 6.07) is 14.0. The van der Waals surface area contributed by atoms with E-state index in [1.54, 1.807) is 27.2 Å². The van der Waals surface area contributed by atoms with Crippen LogP contribution in [0.3, 0.4) is 0 Å². The summed E-state index contributed by atoms with van der Waals surface area (Å²) in [7, 11) is 3.12. The summed E-state index contributed by atoms with van der Waals surface area (Å²) >= 11 is 0. The molecule has 1 fully saturated rings. The number of likely N-dealkylation sites (tertiary alicyclic amines) is 1. The molecule has 2 aromatic carbocycles. The first-order valence-electron chi connectivity index (χ1n) is 11.7. The van der Waals surface area contributed by atoms with Gasteiger partial charge >= 0.3 is 5.97 Å². The van der Waals surface area contributed by atoms with Crippen molar-refractivity contribution in [3.05, 3.63) is 59.2 Å². The number of hydrogen-bond donors (Lipinski definition) is 0. The van der Waals surface area contributed by atoms with E-state index in [9.17, 15) is 9.59 Å². The zero-order chi connectivity index (χ0) is 23.4. The Labute approximate surface area is 195 Å². The number of carbonyl (C=O) groups is 2. The summed E-state index contributed by atoms with van der Waals surface area (Å²) in [6.45, 7) is 4.89. The van der Waals surface area contributed by atoms with E-state index in [0.717, 1.165) is 38.0 Å². The van der Waals surface area contributed by atoms with Crippen LogP contribution in [-0.4, -0.2) is 50.6 Å². The highest BCUT2D eigenvalue weighted by Gasteiger charge is 2.54. The van der Waals surface area contributed by atoms with Gasteiger partial charge in [0.1, 0.15) is 5.41 Å². The van der Waals surface area contributed by atoms with Crippen molar-refractivity contribution in [3.8, 4) is 11.5 Å². The van der Waals surface area contributed by atoms with Crippen molar-refractivity contribution in [1.82, 2.24) is 4.90 Å². The first kappa shape index (κ1) is 23.3. The van der Waals surface area contributed by atoms with Crippen LogP contribution in [-0.2, 0) is 22.5 Å². The number of carbonyl (C=O) groups excluding carboxylic acids is 2. The maximum absolute atomic E-state index is 13.7. The van der Waals surface area contributed by atoms with E-state index >= 15 is 0 Å². The summed E-state index contributed by atoms with van der Waals surface area (Å²) in [6.07, 6.45) is 2.79. The van der Waals surface area contributed by atoms with Crippen LogP contribution in [0.1, 0.15) is 47.7 Å². The highest BCUT2D eigenvalue weighted by molar-refractivity contribution is 6.16. The largest absolute Gasteiger partial charge is 0.493 e. The van der Waals surface area contributed by atoms with Crippen molar-refractivity contribution in [3.63, 3.8) is 0 Å². The highest BCUT2D eigenvalue weighted by Crippen LogP contribution is 2.47. The molecule has 0 spiro atoms. The Morgan fingerprint density at radius 3 is 2.36 bits per heavy atom.